The Bertz CT molecular complexity index is 88.5. The Hall–Kier alpha value is -0.160. The molecule has 0 aliphatic rings. The van der Waals surface area contributed by atoms with Crippen molar-refractivity contribution in [3.8, 4) is 0 Å². The molecule has 4 heteroatoms. The van der Waals surface area contributed by atoms with E-state index in [-0.39, 0.29) is 6.04 Å². The zero-order valence-electron chi connectivity index (χ0n) is 7.21. The molecule has 0 heterocycles. The van der Waals surface area contributed by atoms with E-state index in [9.17, 15) is 0 Å². The molecule has 0 aromatic carbocycles. The van der Waals surface area contributed by atoms with Gasteiger partial charge in [-0.15, -0.1) is 0 Å². The predicted molar refractivity (Wildman–Crippen MR) is 44.4 cm³/mol. The quantitative estimate of drug-likeness (QED) is 0.465. The van der Waals surface area contributed by atoms with Gasteiger partial charge >= 0.3 is 0 Å². The molecule has 0 saturated carbocycles. The first-order chi connectivity index (χ1) is 5.16. The lowest BCUT2D eigenvalue weighted by molar-refractivity contribution is 0.0645. The van der Waals surface area contributed by atoms with E-state index in [0.29, 0.717) is 13.2 Å². The van der Waals surface area contributed by atoms with Crippen LogP contribution in [0.1, 0.15) is 6.92 Å². The third-order valence-corrected chi connectivity index (χ3v) is 1.21. The third-order valence-electron chi connectivity index (χ3n) is 1.21. The SMILES string of the molecule is COCC(O)CNCC(C)N. The van der Waals surface area contributed by atoms with Crippen LogP contribution in [0.2, 0.25) is 0 Å². The van der Waals surface area contributed by atoms with Crippen molar-refractivity contribution in [3.63, 3.8) is 0 Å². The molecule has 0 aliphatic heterocycles. The van der Waals surface area contributed by atoms with Crippen molar-refractivity contribution in [2.45, 2.75) is 19.1 Å². The number of hydrogen-bond acceptors (Lipinski definition) is 4. The summed E-state index contributed by atoms with van der Waals surface area (Å²) >= 11 is 0. The van der Waals surface area contributed by atoms with Crippen molar-refractivity contribution in [1.82, 2.24) is 5.32 Å². The van der Waals surface area contributed by atoms with E-state index >= 15 is 0 Å². The van der Waals surface area contributed by atoms with E-state index in [4.69, 9.17) is 15.6 Å². The number of aliphatic hydroxyl groups excluding tert-OH is 1. The molecule has 0 rings (SSSR count). The van der Waals surface area contributed by atoms with Gasteiger partial charge in [-0.2, -0.15) is 0 Å². The number of aliphatic hydroxyl groups is 1. The van der Waals surface area contributed by atoms with Gasteiger partial charge in [-0.3, -0.25) is 0 Å². The van der Waals surface area contributed by atoms with E-state index in [1.807, 2.05) is 6.92 Å². The van der Waals surface area contributed by atoms with Crippen LogP contribution in [-0.2, 0) is 4.74 Å². The lowest BCUT2D eigenvalue weighted by Gasteiger charge is -2.11. The molecule has 0 aliphatic carbocycles. The smallest absolute Gasteiger partial charge is 0.0897 e. The number of methoxy groups -OCH3 is 1. The topological polar surface area (TPSA) is 67.5 Å². The van der Waals surface area contributed by atoms with E-state index < -0.39 is 6.10 Å². The van der Waals surface area contributed by atoms with Crippen LogP contribution in [0.3, 0.4) is 0 Å². The zero-order valence-corrected chi connectivity index (χ0v) is 7.21. The van der Waals surface area contributed by atoms with Crippen molar-refractivity contribution in [2.24, 2.45) is 5.73 Å². The summed E-state index contributed by atoms with van der Waals surface area (Å²) in [6.45, 7) is 3.54. The predicted octanol–water partition coefficient (Wildman–Crippen LogP) is -1.07. The Kier molecular flexibility index (Phi) is 6.45. The van der Waals surface area contributed by atoms with Crippen molar-refractivity contribution in [3.05, 3.63) is 0 Å². The van der Waals surface area contributed by atoms with Crippen LogP contribution in [-0.4, -0.2) is 44.1 Å². The Balaban J connectivity index is 3.10. The molecule has 0 aromatic heterocycles. The Morgan fingerprint density at radius 2 is 2.18 bits per heavy atom. The summed E-state index contributed by atoms with van der Waals surface area (Å²) in [5.41, 5.74) is 5.48. The number of nitrogens with two attached hydrogens (primary N) is 1. The summed E-state index contributed by atoms with van der Waals surface area (Å²) < 4.78 is 4.74. The van der Waals surface area contributed by atoms with Crippen molar-refractivity contribution in [1.29, 1.82) is 0 Å². The van der Waals surface area contributed by atoms with Gasteiger partial charge in [0.05, 0.1) is 12.7 Å². The molecule has 2 unspecified atom stereocenters. The molecule has 4 nitrogen and oxygen atoms in total. The second kappa shape index (κ2) is 6.54. The van der Waals surface area contributed by atoms with Crippen LogP contribution in [0.25, 0.3) is 0 Å². The van der Waals surface area contributed by atoms with Crippen molar-refractivity contribution >= 4 is 0 Å². The van der Waals surface area contributed by atoms with Gasteiger partial charge in [-0.05, 0) is 6.92 Å². The first-order valence-corrected chi connectivity index (χ1v) is 3.80. The zero-order chi connectivity index (χ0) is 8.69. The molecule has 11 heavy (non-hydrogen) atoms. The molecule has 0 bridgehead atoms. The van der Waals surface area contributed by atoms with Gasteiger partial charge in [-0.1, -0.05) is 0 Å². The fraction of sp³-hybridized carbons (Fsp3) is 1.00. The molecule has 4 N–H and O–H groups in total. The van der Waals surface area contributed by atoms with Gasteiger partial charge in [0.1, 0.15) is 0 Å². The van der Waals surface area contributed by atoms with Crippen LogP contribution < -0.4 is 11.1 Å². The molecule has 0 aromatic rings. The van der Waals surface area contributed by atoms with Crippen LogP contribution in [0.4, 0.5) is 0 Å². The van der Waals surface area contributed by atoms with Gasteiger partial charge in [0.25, 0.3) is 0 Å². The maximum absolute atomic E-state index is 9.13. The average Bonchev–Trinajstić information content (AvgIpc) is 1.87. The number of hydrogen-bond donors (Lipinski definition) is 3. The standard InChI is InChI=1S/C7H18N2O2/c1-6(8)3-9-4-7(10)5-11-2/h6-7,9-10H,3-5,8H2,1-2H3. The monoisotopic (exact) mass is 162 g/mol. The lowest BCUT2D eigenvalue weighted by Crippen LogP contribution is -2.37. The minimum atomic E-state index is -0.432. The average molecular weight is 162 g/mol. The van der Waals surface area contributed by atoms with Gasteiger partial charge in [0.2, 0.25) is 0 Å². The molecule has 0 saturated heterocycles. The van der Waals surface area contributed by atoms with E-state index in [1.54, 1.807) is 7.11 Å². The molecule has 2 atom stereocenters. The first-order valence-electron chi connectivity index (χ1n) is 3.80. The molecule has 0 fully saturated rings. The van der Waals surface area contributed by atoms with Crippen molar-refractivity contribution < 1.29 is 9.84 Å². The fourth-order valence-electron chi connectivity index (χ4n) is 0.729. The highest BCUT2D eigenvalue weighted by atomic mass is 16.5. The Labute approximate surface area is 67.7 Å². The molecule has 0 amide bonds. The maximum atomic E-state index is 9.13. The van der Waals surface area contributed by atoms with Gasteiger partial charge in [0.15, 0.2) is 0 Å². The summed E-state index contributed by atoms with van der Waals surface area (Å²) in [4.78, 5) is 0. The van der Waals surface area contributed by atoms with E-state index in [2.05, 4.69) is 5.32 Å². The normalized spacial score (nSPS) is 16.4. The Morgan fingerprint density at radius 3 is 2.64 bits per heavy atom. The van der Waals surface area contributed by atoms with Crippen molar-refractivity contribution in [2.75, 3.05) is 26.8 Å². The molecule has 0 radical (unpaired) electrons. The van der Waals surface area contributed by atoms with E-state index in [1.165, 1.54) is 0 Å². The molecular weight excluding hydrogens is 144 g/mol. The largest absolute Gasteiger partial charge is 0.389 e. The van der Waals surface area contributed by atoms with Crippen LogP contribution in [0.15, 0.2) is 0 Å². The summed E-state index contributed by atoms with van der Waals surface area (Å²) in [6.07, 6.45) is -0.432. The summed E-state index contributed by atoms with van der Waals surface area (Å²) in [6, 6.07) is 0.129. The van der Waals surface area contributed by atoms with Crippen LogP contribution in [0.5, 0.6) is 0 Å². The third kappa shape index (κ3) is 7.74. The van der Waals surface area contributed by atoms with Crippen LogP contribution >= 0.6 is 0 Å². The summed E-state index contributed by atoms with van der Waals surface area (Å²) in [7, 11) is 1.56. The lowest BCUT2D eigenvalue weighted by atomic mass is 10.3. The highest BCUT2D eigenvalue weighted by Crippen LogP contribution is 1.80. The first kappa shape index (κ1) is 10.8. The van der Waals surface area contributed by atoms with Crippen LogP contribution in [0, 0.1) is 0 Å². The van der Waals surface area contributed by atoms with Gasteiger partial charge < -0.3 is 20.9 Å². The number of nitrogens with one attached hydrogen (secondary N) is 1. The minimum absolute atomic E-state index is 0.129. The van der Waals surface area contributed by atoms with Gasteiger partial charge in [-0.25, -0.2) is 0 Å². The fourth-order valence-corrected chi connectivity index (χ4v) is 0.729. The molecule has 68 valence electrons. The summed E-state index contributed by atoms with van der Waals surface area (Å²) in [5, 5.41) is 12.1. The molecular formula is C7H18N2O2. The maximum Gasteiger partial charge on any atom is 0.0897 e. The highest BCUT2D eigenvalue weighted by molar-refractivity contribution is 4.61. The second-order valence-corrected chi connectivity index (χ2v) is 2.74. The van der Waals surface area contributed by atoms with Gasteiger partial charge in [0, 0.05) is 26.2 Å². The minimum Gasteiger partial charge on any atom is -0.389 e. The second-order valence-electron chi connectivity index (χ2n) is 2.74. The molecule has 0 spiro atoms. The summed E-state index contributed by atoms with van der Waals surface area (Å²) in [5.74, 6) is 0. The number of ether oxygens (including phenoxy) is 1. The number of rotatable bonds is 6. The van der Waals surface area contributed by atoms with E-state index in [0.717, 1.165) is 6.54 Å². The Morgan fingerprint density at radius 1 is 1.55 bits per heavy atom. The highest BCUT2D eigenvalue weighted by Gasteiger charge is 2.01.